The highest BCUT2D eigenvalue weighted by Gasteiger charge is 2.28. The molecule has 0 amide bonds. The van der Waals surface area contributed by atoms with Crippen molar-refractivity contribution in [3.63, 3.8) is 0 Å². The van der Waals surface area contributed by atoms with Crippen LogP contribution in [0.5, 0.6) is 5.75 Å². The predicted molar refractivity (Wildman–Crippen MR) is 78.4 cm³/mol. The van der Waals surface area contributed by atoms with Crippen LogP contribution in [0.2, 0.25) is 0 Å². The van der Waals surface area contributed by atoms with Gasteiger partial charge in [-0.05, 0) is 56.1 Å². The lowest BCUT2D eigenvalue weighted by molar-refractivity contribution is 0.221. The van der Waals surface area contributed by atoms with Crippen LogP contribution in [0.15, 0.2) is 30.3 Å². The lowest BCUT2D eigenvalue weighted by Crippen LogP contribution is -2.30. The molecule has 0 N–H and O–H groups in total. The molecule has 2 heterocycles. The van der Waals surface area contributed by atoms with Crippen molar-refractivity contribution in [2.45, 2.75) is 32.1 Å². The minimum Gasteiger partial charge on any atom is -0.494 e. The van der Waals surface area contributed by atoms with Crippen LogP contribution >= 0.6 is 0 Å². The van der Waals surface area contributed by atoms with Crippen molar-refractivity contribution in [1.82, 2.24) is 4.90 Å². The van der Waals surface area contributed by atoms with Crippen LogP contribution in [-0.4, -0.2) is 31.1 Å². The summed E-state index contributed by atoms with van der Waals surface area (Å²) in [6, 6.07) is 10.2. The molecule has 104 valence electrons. The van der Waals surface area contributed by atoms with Gasteiger partial charge in [0.15, 0.2) is 0 Å². The molecule has 1 saturated carbocycles. The number of hydrogen-bond donors (Lipinski definition) is 0. The average Bonchev–Trinajstić information content (AvgIpc) is 2.77. The van der Waals surface area contributed by atoms with E-state index in [1.54, 1.807) is 0 Å². The van der Waals surface area contributed by atoms with Gasteiger partial charge >= 0.3 is 0 Å². The fourth-order valence-corrected chi connectivity index (χ4v) is 3.58. The first-order valence-corrected chi connectivity index (χ1v) is 7.80. The molecular weight excluding hydrogens is 234 g/mol. The lowest BCUT2D eigenvalue weighted by atomic mass is 9.84. The smallest absolute Gasteiger partial charge is 0.119 e. The van der Waals surface area contributed by atoms with Gasteiger partial charge in [0.05, 0.1) is 6.61 Å². The van der Waals surface area contributed by atoms with Gasteiger partial charge in [0.25, 0.3) is 0 Å². The molecule has 1 aromatic carbocycles. The van der Waals surface area contributed by atoms with E-state index < -0.39 is 0 Å². The zero-order chi connectivity index (χ0) is 12.9. The maximum Gasteiger partial charge on any atom is 0.119 e. The maximum absolute atomic E-state index is 5.77. The fraction of sp³-hybridized carbons (Fsp3) is 0.647. The summed E-state index contributed by atoms with van der Waals surface area (Å²) in [5, 5.41) is 0. The van der Waals surface area contributed by atoms with E-state index in [-0.39, 0.29) is 0 Å². The van der Waals surface area contributed by atoms with Crippen LogP contribution in [0.4, 0.5) is 0 Å². The molecule has 0 unspecified atom stereocenters. The van der Waals surface area contributed by atoms with E-state index in [9.17, 15) is 0 Å². The Morgan fingerprint density at radius 2 is 1.58 bits per heavy atom. The van der Waals surface area contributed by atoms with E-state index in [0.717, 1.165) is 30.6 Å². The van der Waals surface area contributed by atoms with Gasteiger partial charge < -0.3 is 9.64 Å². The van der Waals surface area contributed by atoms with Crippen LogP contribution < -0.4 is 4.74 Å². The topological polar surface area (TPSA) is 12.5 Å². The Hall–Kier alpha value is -1.02. The van der Waals surface area contributed by atoms with Crippen LogP contribution in [-0.2, 0) is 0 Å². The molecule has 19 heavy (non-hydrogen) atoms. The monoisotopic (exact) mass is 259 g/mol. The van der Waals surface area contributed by atoms with E-state index in [1.807, 2.05) is 30.3 Å². The maximum atomic E-state index is 5.77. The van der Waals surface area contributed by atoms with Crippen LogP contribution in [0.1, 0.15) is 32.1 Å². The Kier molecular flexibility index (Phi) is 4.39. The number of hydrogen-bond acceptors (Lipinski definition) is 2. The molecule has 0 aromatic heterocycles. The van der Waals surface area contributed by atoms with Crippen molar-refractivity contribution >= 4 is 0 Å². The number of fused-ring (bicyclic) bond motifs is 4. The van der Waals surface area contributed by atoms with Gasteiger partial charge in [0.2, 0.25) is 0 Å². The Balaban J connectivity index is 1.38. The summed E-state index contributed by atoms with van der Waals surface area (Å²) >= 11 is 0. The quantitative estimate of drug-likeness (QED) is 0.749. The van der Waals surface area contributed by atoms with Crippen molar-refractivity contribution in [2.75, 3.05) is 26.2 Å². The molecule has 3 aliphatic rings. The van der Waals surface area contributed by atoms with Crippen LogP contribution in [0.25, 0.3) is 0 Å². The van der Waals surface area contributed by atoms with Gasteiger partial charge in [0, 0.05) is 19.6 Å². The third-order valence-corrected chi connectivity index (χ3v) is 4.63. The number of rotatable bonds is 5. The molecule has 2 aliphatic heterocycles. The standard InChI is InChI=1S/C17H25NO/c1-2-5-17(6-3-1)19-12-4-11-18-13-15-7-8-16(14-18)10-9-15/h1-3,5-6,15-16H,4,7-14H2. The number of ether oxygens (including phenoxy) is 1. The average molecular weight is 259 g/mol. The second-order valence-electron chi connectivity index (χ2n) is 6.16. The lowest BCUT2D eigenvalue weighted by Gasteiger charge is -2.22. The third kappa shape index (κ3) is 3.73. The summed E-state index contributed by atoms with van der Waals surface area (Å²) < 4.78 is 5.77. The number of benzene rings is 1. The summed E-state index contributed by atoms with van der Waals surface area (Å²) in [6.07, 6.45) is 7.04. The highest BCUT2D eigenvalue weighted by Crippen LogP contribution is 2.33. The summed E-state index contributed by atoms with van der Waals surface area (Å²) in [4.78, 5) is 2.68. The van der Waals surface area contributed by atoms with Gasteiger partial charge in [-0.3, -0.25) is 0 Å². The molecule has 3 fully saturated rings. The van der Waals surface area contributed by atoms with E-state index >= 15 is 0 Å². The minimum atomic E-state index is 0.843. The molecule has 1 aliphatic carbocycles. The SMILES string of the molecule is c1ccc(OCCCN2CC3CCC(CC3)C2)cc1. The van der Waals surface area contributed by atoms with Crippen molar-refractivity contribution in [2.24, 2.45) is 11.8 Å². The molecule has 0 radical (unpaired) electrons. The van der Waals surface area contributed by atoms with Gasteiger partial charge in [-0.15, -0.1) is 0 Å². The Morgan fingerprint density at radius 1 is 0.947 bits per heavy atom. The Bertz CT molecular complexity index is 356. The molecule has 2 heteroatoms. The first-order chi connectivity index (χ1) is 9.40. The minimum absolute atomic E-state index is 0.843. The molecule has 0 atom stereocenters. The van der Waals surface area contributed by atoms with Crippen molar-refractivity contribution in [1.29, 1.82) is 0 Å². The zero-order valence-corrected chi connectivity index (χ0v) is 11.8. The largest absolute Gasteiger partial charge is 0.494 e. The molecule has 2 saturated heterocycles. The highest BCUT2D eigenvalue weighted by atomic mass is 16.5. The second-order valence-corrected chi connectivity index (χ2v) is 6.16. The summed E-state index contributed by atoms with van der Waals surface area (Å²) in [5.41, 5.74) is 0. The summed E-state index contributed by atoms with van der Waals surface area (Å²) in [7, 11) is 0. The first kappa shape index (κ1) is 13.0. The Morgan fingerprint density at radius 3 is 2.21 bits per heavy atom. The third-order valence-electron chi connectivity index (χ3n) is 4.63. The van der Waals surface area contributed by atoms with E-state index in [4.69, 9.17) is 4.74 Å². The highest BCUT2D eigenvalue weighted by molar-refractivity contribution is 5.20. The van der Waals surface area contributed by atoms with Gasteiger partial charge in [-0.2, -0.15) is 0 Å². The Labute approximate surface area is 116 Å². The van der Waals surface area contributed by atoms with Gasteiger partial charge in [-0.25, -0.2) is 0 Å². The van der Waals surface area contributed by atoms with Crippen molar-refractivity contribution < 1.29 is 4.74 Å². The molecular formula is C17H25NO. The molecule has 0 spiro atoms. The van der Waals surface area contributed by atoms with Crippen molar-refractivity contribution in [3.8, 4) is 5.75 Å². The number of nitrogens with zero attached hydrogens (tertiary/aromatic N) is 1. The van der Waals surface area contributed by atoms with Gasteiger partial charge in [0.1, 0.15) is 5.75 Å². The van der Waals surface area contributed by atoms with E-state index in [0.29, 0.717) is 0 Å². The molecule has 1 aromatic rings. The second kappa shape index (κ2) is 6.42. The normalized spacial score (nSPS) is 27.2. The van der Waals surface area contributed by atoms with Crippen LogP contribution in [0.3, 0.4) is 0 Å². The first-order valence-electron chi connectivity index (χ1n) is 7.80. The molecule has 2 nitrogen and oxygen atoms in total. The summed E-state index contributed by atoms with van der Waals surface area (Å²) in [5.74, 6) is 2.96. The molecule has 4 rings (SSSR count). The predicted octanol–water partition coefficient (Wildman–Crippen LogP) is 3.58. The fourth-order valence-electron chi connectivity index (χ4n) is 3.58. The molecule has 2 bridgehead atoms. The van der Waals surface area contributed by atoms with E-state index in [2.05, 4.69) is 4.90 Å². The van der Waals surface area contributed by atoms with E-state index in [1.165, 1.54) is 45.3 Å². The van der Waals surface area contributed by atoms with Crippen molar-refractivity contribution in [3.05, 3.63) is 30.3 Å². The summed E-state index contributed by atoms with van der Waals surface area (Å²) in [6.45, 7) is 4.72. The van der Waals surface area contributed by atoms with Crippen LogP contribution in [0, 0.1) is 11.8 Å². The zero-order valence-electron chi connectivity index (χ0n) is 11.8. The van der Waals surface area contributed by atoms with Gasteiger partial charge in [-0.1, -0.05) is 18.2 Å². The number of para-hydroxylation sites is 1.